The molecule has 3 heteroatoms. The molecule has 0 fully saturated rings. The lowest BCUT2D eigenvalue weighted by atomic mass is 9.86. The summed E-state index contributed by atoms with van der Waals surface area (Å²) in [5.41, 5.74) is 7.25. The Morgan fingerprint density at radius 3 is 2.56 bits per heavy atom. The number of benzene rings is 1. The van der Waals surface area contributed by atoms with E-state index in [4.69, 9.17) is 10.5 Å². The first-order chi connectivity index (χ1) is 7.48. The van der Waals surface area contributed by atoms with Gasteiger partial charge in [0, 0.05) is 0 Å². The number of methoxy groups -OCH3 is 1. The Morgan fingerprint density at radius 2 is 2.06 bits per heavy atom. The largest absolute Gasteiger partial charge is 0.496 e. The van der Waals surface area contributed by atoms with Crippen molar-refractivity contribution in [2.75, 3.05) is 13.7 Å². The average molecular weight is 286 g/mol. The van der Waals surface area contributed by atoms with Crippen molar-refractivity contribution in [1.82, 2.24) is 0 Å². The third kappa shape index (κ3) is 3.80. The molecule has 0 aliphatic carbocycles. The maximum atomic E-state index is 5.72. The highest BCUT2D eigenvalue weighted by molar-refractivity contribution is 9.10. The Bertz CT molecular complexity index is 350. The molecule has 0 bridgehead atoms. The number of hydrogen-bond donors (Lipinski definition) is 1. The standard InChI is InChI=1S/C13H20BrNO/c1-13(2,9-15)7-6-10-4-5-12(16-3)11(14)8-10/h4-5,8H,6-7,9,15H2,1-3H3. The molecule has 0 spiro atoms. The van der Waals surface area contributed by atoms with Crippen molar-refractivity contribution in [2.24, 2.45) is 11.1 Å². The van der Waals surface area contributed by atoms with Gasteiger partial charge < -0.3 is 10.5 Å². The van der Waals surface area contributed by atoms with Crippen LogP contribution in [0.3, 0.4) is 0 Å². The highest BCUT2D eigenvalue weighted by Gasteiger charge is 2.15. The predicted octanol–water partition coefficient (Wildman–Crippen LogP) is 3.38. The summed E-state index contributed by atoms with van der Waals surface area (Å²) in [4.78, 5) is 0. The Hall–Kier alpha value is -0.540. The van der Waals surface area contributed by atoms with Crippen molar-refractivity contribution < 1.29 is 4.74 Å². The molecule has 0 aliphatic rings. The summed E-state index contributed by atoms with van der Waals surface area (Å²) >= 11 is 3.50. The second-order valence-corrected chi connectivity index (χ2v) is 5.69. The quantitative estimate of drug-likeness (QED) is 0.900. The van der Waals surface area contributed by atoms with Crippen LogP contribution in [0.15, 0.2) is 22.7 Å². The van der Waals surface area contributed by atoms with E-state index in [-0.39, 0.29) is 5.41 Å². The van der Waals surface area contributed by atoms with E-state index in [2.05, 4.69) is 41.9 Å². The molecule has 0 heterocycles. The SMILES string of the molecule is COc1ccc(CCC(C)(C)CN)cc1Br. The molecule has 0 saturated carbocycles. The highest BCUT2D eigenvalue weighted by atomic mass is 79.9. The van der Waals surface area contributed by atoms with Gasteiger partial charge >= 0.3 is 0 Å². The van der Waals surface area contributed by atoms with Crippen molar-refractivity contribution in [2.45, 2.75) is 26.7 Å². The maximum Gasteiger partial charge on any atom is 0.133 e. The van der Waals surface area contributed by atoms with E-state index in [9.17, 15) is 0 Å². The molecular weight excluding hydrogens is 266 g/mol. The summed E-state index contributed by atoms with van der Waals surface area (Å²) in [6.45, 7) is 5.13. The fourth-order valence-electron chi connectivity index (χ4n) is 1.45. The first-order valence-electron chi connectivity index (χ1n) is 5.51. The minimum absolute atomic E-state index is 0.215. The van der Waals surface area contributed by atoms with Crippen LogP contribution in [0.2, 0.25) is 0 Å². The third-order valence-corrected chi connectivity index (χ3v) is 3.48. The van der Waals surface area contributed by atoms with E-state index in [0.29, 0.717) is 0 Å². The van der Waals surface area contributed by atoms with Crippen LogP contribution in [0.1, 0.15) is 25.8 Å². The van der Waals surface area contributed by atoms with Crippen LogP contribution in [0.25, 0.3) is 0 Å². The molecule has 2 N–H and O–H groups in total. The maximum absolute atomic E-state index is 5.72. The van der Waals surface area contributed by atoms with Crippen molar-refractivity contribution in [3.63, 3.8) is 0 Å². The predicted molar refractivity (Wildman–Crippen MR) is 71.9 cm³/mol. The van der Waals surface area contributed by atoms with Crippen molar-refractivity contribution in [3.05, 3.63) is 28.2 Å². The normalized spacial score (nSPS) is 11.6. The zero-order valence-electron chi connectivity index (χ0n) is 10.2. The lowest BCUT2D eigenvalue weighted by Crippen LogP contribution is -2.24. The number of rotatable bonds is 5. The molecule has 0 aliphatic heterocycles. The summed E-state index contributed by atoms with van der Waals surface area (Å²) in [7, 11) is 1.68. The summed E-state index contributed by atoms with van der Waals surface area (Å²) in [5.74, 6) is 0.877. The molecule has 0 saturated heterocycles. The lowest BCUT2D eigenvalue weighted by Gasteiger charge is -2.22. The van der Waals surface area contributed by atoms with Gasteiger partial charge in [0.05, 0.1) is 11.6 Å². The topological polar surface area (TPSA) is 35.2 Å². The number of nitrogens with two attached hydrogens (primary N) is 1. The van der Waals surface area contributed by atoms with Crippen LogP contribution in [-0.2, 0) is 6.42 Å². The molecule has 0 atom stereocenters. The van der Waals surface area contributed by atoms with Gasteiger partial charge in [0.25, 0.3) is 0 Å². The number of aryl methyl sites for hydroxylation is 1. The monoisotopic (exact) mass is 285 g/mol. The van der Waals surface area contributed by atoms with Gasteiger partial charge in [0.15, 0.2) is 0 Å². The number of halogens is 1. The van der Waals surface area contributed by atoms with Gasteiger partial charge in [0.2, 0.25) is 0 Å². The minimum atomic E-state index is 0.215. The molecule has 0 amide bonds. The Labute approximate surface area is 106 Å². The summed E-state index contributed by atoms with van der Waals surface area (Å²) in [6.07, 6.45) is 2.15. The van der Waals surface area contributed by atoms with Gasteiger partial charge in [-0.3, -0.25) is 0 Å². The summed E-state index contributed by atoms with van der Waals surface area (Å²) in [6, 6.07) is 6.22. The molecule has 1 aromatic rings. The first kappa shape index (κ1) is 13.5. The Kier molecular flexibility index (Phi) is 4.81. The molecule has 1 rings (SSSR count). The van der Waals surface area contributed by atoms with E-state index in [1.165, 1.54) is 5.56 Å². The fraction of sp³-hybridized carbons (Fsp3) is 0.538. The first-order valence-corrected chi connectivity index (χ1v) is 6.30. The number of hydrogen-bond acceptors (Lipinski definition) is 2. The smallest absolute Gasteiger partial charge is 0.133 e. The van der Waals surface area contributed by atoms with Crippen LogP contribution in [-0.4, -0.2) is 13.7 Å². The van der Waals surface area contributed by atoms with Crippen LogP contribution in [0.5, 0.6) is 5.75 Å². The van der Waals surface area contributed by atoms with E-state index >= 15 is 0 Å². The molecule has 2 nitrogen and oxygen atoms in total. The molecular formula is C13H20BrNO. The Morgan fingerprint density at radius 1 is 1.38 bits per heavy atom. The summed E-state index contributed by atoms with van der Waals surface area (Å²) < 4.78 is 6.21. The van der Waals surface area contributed by atoms with Gasteiger partial charge in [0.1, 0.15) is 5.75 Å². The van der Waals surface area contributed by atoms with E-state index in [1.807, 2.05) is 6.07 Å². The lowest BCUT2D eigenvalue weighted by molar-refractivity contribution is 0.348. The molecule has 0 radical (unpaired) electrons. The van der Waals surface area contributed by atoms with Crippen molar-refractivity contribution in [3.8, 4) is 5.75 Å². The zero-order valence-corrected chi connectivity index (χ0v) is 11.8. The zero-order chi connectivity index (χ0) is 12.2. The molecule has 0 aromatic heterocycles. The van der Waals surface area contributed by atoms with E-state index < -0.39 is 0 Å². The van der Waals surface area contributed by atoms with E-state index in [0.717, 1.165) is 29.6 Å². The van der Waals surface area contributed by atoms with Gasteiger partial charge in [-0.15, -0.1) is 0 Å². The van der Waals surface area contributed by atoms with Crippen molar-refractivity contribution in [1.29, 1.82) is 0 Å². The number of ether oxygens (including phenoxy) is 1. The molecule has 1 aromatic carbocycles. The minimum Gasteiger partial charge on any atom is -0.496 e. The second kappa shape index (κ2) is 5.69. The van der Waals surface area contributed by atoms with Crippen LogP contribution >= 0.6 is 15.9 Å². The van der Waals surface area contributed by atoms with Crippen LogP contribution in [0.4, 0.5) is 0 Å². The highest BCUT2D eigenvalue weighted by Crippen LogP contribution is 2.28. The van der Waals surface area contributed by atoms with Gasteiger partial charge in [-0.2, -0.15) is 0 Å². The van der Waals surface area contributed by atoms with Gasteiger partial charge in [-0.05, 0) is 58.4 Å². The van der Waals surface area contributed by atoms with Crippen molar-refractivity contribution >= 4 is 15.9 Å². The molecule has 90 valence electrons. The third-order valence-electron chi connectivity index (χ3n) is 2.86. The van der Waals surface area contributed by atoms with Gasteiger partial charge in [-0.1, -0.05) is 19.9 Å². The fourth-order valence-corrected chi connectivity index (χ4v) is 2.04. The molecule has 0 unspecified atom stereocenters. The average Bonchev–Trinajstić information content (AvgIpc) is 2.27. The van der Waals surface area contributed by atoms with Crippen LogP contribution < -0.4 is 10.5 Å². The van der Waals surface area contributed by atoms with Gasteiger partial charge in [-0.25, -0.2) is 0 Å². The molecule has 16 heavy (non-hydrogen) atoms. The Balaban J connectivity index is 2.65. The van der Waals surface area contributed by atoms with Crippen LogP contribution in [0, 0.1) is 5.41 Å². The van der Waals surface area contributed by atoms with E-state index in [1.54, 1.807) is 7.11 Å². The second-order valence-electron chi connectivity index (χ2n) is 4.84. The summed E-state index contributed by atoms with van der Waals surface area (Å²) in [5, 5.41) is 0.